The van der Waals surface area contributed by atoms with Crippen LogP contribution in [0.2, 0.25) is 0 Å². The Kier molecular flexibility index (Phi) is 38.2. The minimum absolute atomic E-state index is 0.104. The molecule has 0 rings (SSSR count). The minimum atomic E-state index is -1.03. The van der Waals surface area contributed by atoms with E-state index in [1.165, 1.54) is 64.2 Å². The number of carbonyl (C=O) groups excluding carboxylic acids is 2. The van der Waals surface area contributed by atoms with Crippen molar-refractivity contribution < 1.29 is 24.2 Å². The van der Waals surface area contributed by atoms with Gasteiger partial charge in [-0.05, 0) is 96.0 Å². The lowest BCUT2D eigenvalue weighted by molar-refractivity contribution is -0.147. The van der Waals surface area contributed by atoms with Gasteiger partial charge in [-0.2, -0.15) is 0 Å². The average molecular weight is 724 g/mol. The van der Waals surface area contributed by atoms with Crippen LogP contribution in [-0.2, 0) is 19.1 Å². The molecular formula is C46H77NO5. The van der Waals surface area contributed by atoms with Gasteiger partial charge in [-0.25, -0.2) is 0 Å². The van der Waals surface area contributed by atoms with Crippen LogP contribution in [0.1, 0.15) is 187 Å². The predicted octanol–water partition coefficient (Wildman–Crippen LogP) is 13.0. The summed E-state index contributed by atoms with van der Waals surface area (Å²) in [7, 11) is 0. The first-order valence-corrected chi connectivity index (χ1v) is 21.1. The second-order valence-corrected chi connectivity index (χ2v) is 13.9. The number of carboxylic acid groups (broad SMARTS) is 1. The topological polar surface area (TPSA) is 92.7 Å². The SMILES string of the molecule is CCCCC/C=C\C/C=C\C/C=C\CCCCCCCCC(=O)OC(/C=C\C/C=C\C/C=C\CCCCC)CCCCCCCC(=O)NCC(=O)O. The molecule has 0 fully saturated rings. The number of nitrogens with one attached hydrogen (secondary N) is 1. The highest BCUT2D eigenvalue weighted by molar-refractivity contribution is 5.80. The summed E-state index contributed by atoms with van der Waals surface area (Å²) in [5.74, 6) is -1.34. The van der Waals surface area contributed by atoms with E-state index in [4.69, 9.17) is 9.84 Å². The largest absolute Gasteiger partial charge is 0.480 e. The molecular weight excluding hydrogens is 647 g/mol. The van der Waals surface area contributed by atoms with Gasteiger partial charge >= 0.3 is 11.9 Å². The minimum Gasteiger partial charge on any atom is -0.480 e. The molecule has 6 heteroatoms. The van der Waals surface area contributed by atoms with E-state index < -0.39 is 5.97 Å². The van der Waals surface area contributed by atoms with Crippen molar-refractivity contribution in [2.24, 2.45) is 0 Å². The monoisotopic (exact) mass is 724 g/mol. The van der Waals surface area contributed by atoms with Crippen LogP contribution in [0.25, 0.3) is 0 Å². The van der Waals surface area contributed by atoms with Crippen LogP contribution in [0.15, 0.2) is 72.9 Å². The number of rotatable bonds is 37. The first kappa shape index (κ1) is 48.9. The maximum absolute atomic E-state index is 12.7. The summed E-state index contributed by atoms with van der Waals surface area (Å²) in [4.78, 5) is 35.0. The summed E-state index contributed by atoms with van der Waals surface area (Å²) >= 11 is 0. The molecule has 2 N–H and O–H groups in total. The summed E-state index contributed by atoms with van der Waals surface area (Å²) < 4.78 is 5.91. The number of esters is 1. The van der Waals surface area contributed by atoms with Crippen molar-refractivity contribution in [1.82, 2.24) is 5.32 Å². The molecule has 0 heterocycles. The van der Waals surface area contributed by atoms with Crippen molar-refractivity contribution in [2.75, 3.05) is 6.54 Å². The maximum atomic E-state index is 12.7. The number of aliphatic carboxylic acids is 1. The highest BCUT2D eigenvalue weighted by Crippen LogP contribution is 2.15. The average Bonchev–Trinajstić information content (AvgIpc) is 3.13. The van der Waals surface area contributed by atoms with E-state index in [-0.39, 0.29) is 24.5 Å². The van der Waals surface area contributed by atoms with Gasteiger partial charge < -0.3 is 15.2 Å². The predicted molar refractivity (Wildman–Crippen MR) is 221 cm³/mol. The van der Waals surface area contributed by atoms with Gasteiger partial charge in [0.1, 0.15) is 12.6 Å². The molecule has 6 nitrogen and oxygen atoms in total. The Bertz CT molecular complexity index is 1020. The van der Waals surface area contributed by atoms with Gasteiger partial charge in [0.2, 0.25) is 5.91 Å². The molecule has 0 spiro atoms. The van der Waals surface area contributed by atoms with Crippen LogP contribution in [0, 0.1) is 0 Å². The highest BCUT2D eigenvalue weighted by Gasteiger charge is 2.11. The number of hydrogen-bond acceptors (Lipinski definition) is 4. The zero-order valence-corrected chi connectivity index (χ0v) is 33.4. The summed E-state index contributed by atoms with van der Waals surface area (Å²) in [5.41, 5.74) is 0. The second kappa shape index (κ2) is 40.6. The van der Waals surface area contributed by atoms with Crippen LogP contribution >= 0.6 is 0 Å². The Balaban J connectivity index is 4.27. The molecule has 0 saturated heterocycles. The summed E-state index contributed by atoms with van der Waals surface area (Å²) in [6.45, 7) is 4.14. The van der Waals surface area contributed by atoms with Crippen molar-refractivity contribution in [3.05, 3.63) is 72.9 Å². The lowest BCUT2D eigenvalue weighted by atomic mass is 10.1. The van der Waals surface area contributed by atoms with Crippen molar-refractivity contribution in [1.29, 1.82) is 0 Å². The van der Waals surface area contributed by atoms with E-state index in [9.17, 15) is 14.4 Å². The van der Waals surface area contributed by atoms with E-state index in [2.05, 4.69) is 86.0 Å². The molecule has 1 amide bonds. The van der Waals surface area contributed by atoms with Gasteiger partial charge in [0.05, 0.1) is 0 Å². The standard InChI is InChI=1S/C46H77NO5/c1-3-5-7-9-11-13-15-16-17-18-19-20-21-22-24-26-28-33-37-41-46(51)52-43(38-34-30-27-25-23-14-12-10-8-6-4-2)39-35-31-29-32-36-40-44(48)47-42-45(49)50/h11-14,16-17,19-20,25,27,34,38,43H,3-10,15,18,21-24,26,28-33,35-37,39-42H2,1-2H3,(H,47,48)(H,49,50)/b13-11-,14-12-,17-16-,20-19-,27-25-,38-34-. The van der Waals surface area contributed by atoms with E-state index in [0.717, 1.165) is 96.3 Å². The number of amides is 1. The van der Waals surface area contributed by atoms with Crippen molar-refractivity contribution >= 4 is 17.8 Å². The number of unbranched alkanes of at least 4 members (excludes halogenated alkanes) is 16. The molecule has 0 saturated carbocycles. The fraction of sp³-hybridized carbons (Fsp3) is 0.674. The van der Waals surface area contributed by atoms with Gasteiger partial charge in [0.25, 0.3) is 0 Å². The molecule has 296 valence electrons. The lowest BCUT2D eigenvalue weighted by Crippen LogP contribution is -2.28. The van der Waals surface area contributed by atoms with E-state index in [1.807, 2.05) is 6.08 Å². The third-order valence-electron chi connectivity index (χ3n) is 8.84. The Morgan fingerprint density at radius 2 is 0.942 bits per heavy atom. The van der Waals surface area contributed by atoms with E-state index in [0.29, 0.717) is 12.8 Å². The molecule has 0 aliphatic carbocycles. The summed E-state index contributed by atoms with van der Waals surface area (Å²) in [6.07, 6.45) is 54.6. The third kappa shape index (κ3) is 39.6. The summed E-state index contributed by atoms with van der Waals surface area (Å²) in [6, 6.07) is 0. The molecule has 0 aromatic rings. The summed E-state index contributed by atoms with van der Waals surface area (Å²) in [5, 5.41) is 11.1. The Morgan fingerprint density at radius 3 is 1.46 bits per heavy atom. The van der Waals surface area contributed by atoms with Crippen molar-refractivity contribution in [2.45, 2.75) is 193 Å². The van der Waals surface area contributed by atoms with Crippen LogP contribution < -0.4 is 5.32 Å². The molecule has 0 aromatic heterocycles. The number of carboxylic acids is 1. The van der Waals surface area contributed by atoms with Crippen LogP contribution in [0.4, 0.5) is 0 Å². The molecule has 0 aliphatic heterocycles. The van der Waals surface area contributed by atoms with Crippen molar-refractivity contribution in [3.63, 3.8) is 0 Å². The van der Waals surface area contributed by atoms with Gasteiger partial charge in [-0.3, -0.25) is 14.4 Å². The normalized spacial score (nSPS) is 12.8. The number of allylic oxidation sites excluding steroid dienone is 11. The molecule has 1 unspecified atom stereocenters. The van der Waals surface area contributed by atoms with Gasteiger partial charge in [-0.1, -0.05) is 151 Å². The lowest BCUT2D eigenvalue weighted by Gasteiger charge is -2.14. The van der Waals surface area contributed by atoms with Crippen molar-refractivity contribution in [3.8, 4) is 0 Å². The first-order valence-electron chi connectivity index (χ1n) is 21.1. The number of hydrogen-bond donors (Lipinski definition) is 2. The first-order chi connectivity index (χ1) is 25.5. The van der Waals surface area contributed by atoms with Crippen LogP contribution in [0.5, 0.6) is 0 Å². The molecule has 52 heavy (non-hydrogen) atoms. The number of ether oxygens (including phenoxy) is 1. The highest BCUT2D eigenvalue weighted by atomic mass is 16.5. The Morgan fingerprint density at radius 1 is 0.519 bits per heavy atom. The Labute approximate surface area is 319 Å². The fourth-order valence-corrected chi connectivity index (χ4v) is 5.68. The molecule has 0 radical (unpaired) electrons. The van der Waals surface area contributed by atoms with Gasteiger partial charge in [0, 0.05) is 12.8 Å². The Hall–Kier alpha value is -3.15. The second-order valence-electron chi connectivity index (χ2n) is 13.9. The van der Waals surface area contributed by atoms with Crippen LogP contribution in [-0.4, -0.2) is 35.6 Å². The quantitative estimate of drug-likeness (QED) is 0.0378. The molecule has 0 bridgehead atoms. The smallest absolute Gasteiger partial charge is 0.322 e. The van der Waals surface area contributed by atoms with Gasteiger partial charge in [0.15, 0.2) is 0 Å². The third-order valence-corrected chi connectivity index (χ3v) is 8.84. The molecule has 0 aliphatic rings. The van der Waals surface area contributed by atoms with Crippen LogP contribution in [0.3, 0.4) is 0 Å². The maximum Gasteiger partial charge on any atom is 0.322 e. The van der Waals surface area contributed by atoms with Gasteiger partial charge in [-0.15, -0.1) is 0 Å². The van der Waals surface area contributed by atoms with E-state index >= 15 is 0 Å². The van der Waals surface area contributed by atoms with E-state index in [1.54, 1.807) is 0 Å². The number of carbonyl (C=O) groups is 3. The molecule has 1 atom stereocenters. The zero-order valence-electron chi connectivity index (χ0n) is 33.4. The molecule has 0 aromatic carbocycles. The zero-order chi connectivity index (χ0) is 38.0. The fourth-order valence-electron chi connectivity index (χ4n) is 5.68.